The lowest BCUT2D eigenvalue weighted by Gasteiger charge is -2.30. The fraction of sp³-hybridized carbons (Fsp3) is 0.118. The van der Waals surface area contributed by atoms with Crippen molar-refractivity contribution in [1.29, 1.82) is 0 Å². The van der Waals surface area contributed by atoms with E-state index in [2.05, 4.69) is 12.1 Å². The van der Waals surface area contributed by atoms with E-state index < -0.39 is 0 Å². The molecule has 0 radical (unpaired) electrons. The van der Waals surface area contributed by atoms with Gasteiger partial charge >= 0.3 is 0 Å². The molecule has 2 aromatic rings. The average molecular weight is 283 g/mol. The highest BCUT2D eigenvalue weighted by molar-refractivity contribution is 6.32. The molecule has 1 aliphatic rings. The lowest BCUT2D eigenvalue weighted by atomic mass is 10.1. The van der Waals surface area contributed by atoms with Crippen LogP contribution in [0, 0.1) is 0 Å². The van der Waals surface area contributed by atoms with Crippen LogP contribution in [0.2, 0.25) is 0 Å². The van der Waals surface area contributed by atoms with Crippen molar-refractivity contribution in [3.63, 3.8) is 0 Å². The zero-order chi connectivity index (χ0) is 13.9. The van der Waals surface area contributed by atoms with Gasteiger partial charge in [0.1, 0.15) is 11.3 Å². The number of benzene rings is 2. The molecule has 3 heteroatoms. The molecule has 1 aliphatic heterocycles. The monoisotopic (exact) mass is 282 g/mol. The van der Waals surface area contributed by atoms with Crippen LogP contribution in [0.3, 0.4) is 0 Å². The van der Waals surface area contributed by atoms with Crippen LogP contribution in [0.25, 0.3) is 0 Å². The molecule has 100 valence electrons. The Kier molecular flexibility index (Phi) is 3.57. The van der Waals surface area contributed by atoms with Crippen LogP contribution >= 0.6 is 11.6 Å². The highest BCUT2D eigenvalue weighted by Gasteiger charge is 2.22. The van der Waals surface area contributed by atoms with Crippen molar-refractivity contribution in [2.24, 2.45) is 4.99 Å². The van der Waals surface area contributed by atoms with Gasteiger partial charge in [0, 0.05) is 7.05 Å². The lowest BCUT2D eigenvalue weighted by Crippen LogP contribution is -2.26. The number of halogens is 1. The summed E-state index contributed by atoms with van der Waals surface area (Å²) in [6.45, 7) is 0. The third kappa shape index (κ3) is 2.47. The summed E-state index contributed by atoms with van der Waals surface area (Å²) < 4.78 is 0. The van der Waals surface area contributed by atoms with Gasteiger partial charge in [-0.2, -0.15) is 0 Å². The Labute approximate surface area is 124 Å². The maximum Gasteiger partial charge on any atom is 0.148 e. The van der Waals surface area contributed by atoms with Gasteiger partial charge in [0.25, 0.3) is 0 Å². The number of aliphatic imine (C=N–C) groups is 1. The minimum absolute atomic E-state index is 0.0797. The first-order valence-corrected chi connectivity index (χ1v) is 6.92. The third-order valence-electron chi connectivity index (χ3n) is 3.39. The van der Waals surface area contributed by atoms with Crippen molar-refractivity contribution >= 4 is 17.3 Å². The first-order chi connectivity index (χ1) is 9.75. The summed E-state index contributed by atoms with van der Waals surface area (Å²) in [5.74, 6) is 0. The van der Waals surface area contributed by atoms with Gasteiger partial charge in [-0.3, -0.25) is 4.99 Å². The predicted octanol–water partition coefficient (Wildman–Crippen LogP) is 4.20. The molecule has 20 heavy (non-hydrogen) atoms. The van der Waals surface area contributed by atoms with E-state index in [4.69, 9.17) is 16.6 Å². The molecule has 2 nitrogen and oxygen atoms in total. The van der Waals surface area contributed by atoms with Crippen LogP contribution in [0.4, 0.5) is 0 Å². The molecule has 0 N–H and O–H groups in total. The standard InChI is InChI=1S/C17H15ClN2/c1-20-16(18)12-15(13-8-4-2-5-9-13)19-17(20)14-10-6-3-7-11-14/h2-12,17H,1H3. The molecule has 1 atom stereocenters. The number of rotatable bonds is 2. The van der Waals surface area contributed by atoms with Crippen molar-refractivity contribution in [2.75, 3.05) is 7.05 Å². The van der Waals surface area contributed by atoms with Crippen molar-refractivity contribution in [2.45, 2.75) is 6.17 Å². The smallest absolute Gasteiger partial charge is 0.148 e. The number of hydrogen-bond acceptors (Lipinski definition) is 2. The number of hydrogen-bond donors (Lipinski definition) is 0. The molecule has 0 saturated heterocycles. The molecule has 0 saturated carbocycles. The van der Waals surface area contributed by atoms with Crippen LogP contribution < -0.4 is 0 Å². The summed E-state index contributed by atoms with van der Waals surface area (Å²) >= 11 is 6.36. The van der Waals surface area contributed by atoms with Crippen LogP contribution in [0.15, 0.2) is 76.9 Å². The Balaban J connectivity index is 2.03. The molecule has 0 aliphatic carbocycles. The summed E-state index contributed by atoms with van der Waals surface area (Å²) in [4.78, 5) is 6.81. The highest BCUT2D eigenvalue weighted by atomic mass is 35.5. The lowest BCUT2D eigenvalue weighted by molar-refractivity contribution is 0.333. The van der Waals surface area contributed by atoms with Crippen LogP contribution in [0.5, 0.6) is 0 Å². The number of nitrogens with zero attached hydrogens (tertiary/aromatic N) is 2. The van der Waals surface area contributed by atoms with E-state index in [0.717, 1.165) is 16.8 Å². The Morgan fingerprint density at radius 2 is 1.55 bits per heavy atom. The van der Waals surface area contributed by atoms with E-state index >= 15 is 0 Å². The maximum atomic E-state index is 6.36. The largest absolute Gasteiger partial charge is 0.340 e. The van der Waals surface area contributed by atoms with Crippen LogP contribution in [-0.2, 0) is 0 Å². The summed E-state index contributed by atoms with van der Waals surface area (Å²) in [6, 6.07) is 20.3. The number of allylic oxidation sites excluding steroid dienone is 1. The fourth-order valence-electron chi connectivity index (χ4n) is 2.28. The first-order valence-electron chi connectivity index (χ1n) is 6.54. The second kappa shape index (κ2) is 5.51. The fourth-order valence-corrected chi connectivity index (χ4v) is 2.47. The summed E-state index contributed by atoms with van der Waals surface area (Å²) in [7, 11) is 1.96. The molecule has 0 aromatic heterocycles. The summed E-state index contributed by atoms with van der Waals surface area (Å²) in [5, 5.41) is 0.702. The second-order valence-electron chi connectivity index (χ2n) is 4.74. The van der Waals surface area contributed by atoms with Gasteiger partial charge in [0.2, 0.25) is 0 Å². The Hall–Kier alpha value is -2.06. The Morgan fingerprint density at radius 1 is 0.950 bits per heavy atom. The van der Waals surface area contributed by atoms with E-state index in [0.29, 0.717) is 5.16 Å². The van der Waals surface area contributed by atoms with Crippen LogP contribution in [0.1, 0.15) is 17.3 Å². The zero-order valence-corrected chi connectivity index (χ0v) is 12.0. The average Bonchev–Trinajstić information content (AvgIpc) is 2.51. The molecule has 2 aromatic carbocycles. The summed E-state index contributed by atoms with van der Waals surface area (Å²) in [6.07, 6.45) is 1.83. The molecule has 0 bridgehead atoms. The van der Waals surface area contributed by atoms with Gasteiger partial charge in [-0.15, -0.1) is 0 Å². The maximum absolute atomic E-state index is 6.36. The van der Waals surface area contributed by atoms with Gasteiger partial charge in [-0.05, 0) is 17.2 Å². The second-order valence-corrected chi connectivity index (χ2v) is 5.13. The minimum Gasteiger partial charge on any atom is -0.340 e. The van der Waals surface area contributed by atoms with E-state index in [1.807, 2.05) is 66.6 Å². The highest BCUT2D eigenvalue weighted by Crippen LogP contribution is 2.30. The normalized spacial score (nSPS) is 18.5. The van der Waals surface area contributed by atoms with E-state index in [-0.39, 0.29) is 6.17 Å². The molecule has 1 heterocycles. The van der Waals surface area contributed by atoms with Gasteiger partial charge in [0.15, 0.2) is 0 Å². The third-order valence-corrected chi connectivity index (χ3v) is 3.76. The topological polar surface area (TPSA) is 15.6 Å². The molecule has 0 spiro atoms. The van der Waals surface area contributed by atoms with Gasteiger partial charge in [0.05, 0.1) is 5.71 Å². The van der Waals surface area contributed by atoms with Crippen molar-refractivity contribution in [1.82, 2.24) is 4.90 Å². The van der Waals surface area contributed by atoms with E-state index in [1.54, 1.807) is 0 Å². The van der Waals surface area contributed by atoms with Crippen molar-refractivity contribution < 1.29 is 0 Å². The van der Waals surface area contributed by atoms with E-state index in [9.17, 15) is 0 Å². The summed E-state index contributed by atoms with van der Waals surface area (Å²) in [5.41, 5.74) is 3.14. The Bertz CT molecular complexity index is 647. The van der Waals surface area contributed by atoms with Crippen molar-refractivity contribution in [3.05, 3.63) is 83.0 Å². The van der Waals surface area contributed by atoms with E-state index in [1.165, 1.54) is 0 Å². The molecule has 0 amide bonds. The molecular weight excluding hydrogens is 268 g/mol. The molecule has 0 fully saturated rings. The minimum atomic E-state index is -0.0797. The molecule has 1 unspecified atom stereocenters. The van der Waals surface area contributed by atoms with Gasteiger partial charge < -0.3 is 4.90 Å². The molecule has 3 rings (SSSR count). The van der Waals surface area contributed by atoms with Gasteiger partial charge in [-0.25, -0.2) is 0 Å². The van der Waals surface area contributed by atoms with Crippen molar-refractivity contribution in [3.8, 4) is 0 Å². The first kappa shape index (κ1) is 12.9. The zero-order valence-electron chi connectivity index (χ0n) is 11.2. The quantitative estimate of drug-likeness (QED) is 0.754. The molecular formula is C17H15ClN2. The Morgan fingerprint density at radius 3 is 2.20 bits per heavy atom. The van der Waals surface area contributed by atoms with Gasteiger partial charge in [-0.1, -0.05) is 72.3 Å². The SMILES string of the molecule is CN1C(Cl)=CC(c2ccccc2)=NC1c1ccccc1. The van der Waals surface area contributed by atoms with Crippen LogP contribution in [-0.4, -0.2) is 17.7 Å². The predicted molar refractivity (Wildman–Crippen MR) is 83.9 cm³/mol.